The minimum atomic E-state index is -0.365. The first-order chi connectivity index (χ1) is 13.0. The van der Waals surface area contributed by atoms with Crippen molar-refractivity contribution in [1.82, 2.24) is 20.9 Å². The quantitative estimate of drug-likeness (QED) is 0.312. The third kappa shape index (κ3) is 7.59. The molecule has 1 amide bonds. The van der Waals surface area contributed by atoms with Crippen LogP contribution < -0.4 is 16.0 Å². The molecule has 154 valence electrons. The predicted octanol–water partition coefficient (Wildman–Crippen LogP) is 1.58. The molecule has 1 heterocycles. The molecule has 1 saturated heterocycles. The number of rotatable bonds is 6. The van der Waals surface area contributed by atoms with Gasteiger partial charge in [-0.3, -0.25) is 9.69 Å². The van der Waals surface area contributed by atoms with Crippen molar-refractivity contribution in [3.05, 3.63) is 35.1 Å². The fraction of sp³-hybridized carbons (Fsp3) is 0.526. The molecule has 2 rings (SSSR count). The average molecular weight is 502 g/mol. The number of guanidine groups is 1. The monoisotopic (exact) mass is 502 g/mol. The summed E-state index contributed by atoms with van der Waals surface area (Å²) in [4.78, 5) is 18.1. The van der Waals surface area contributed by atoms with Crippen LogP contribution in [-0.2, 0) is 11.3 Å². The smallest absolute Gasteiger partial charge is 0.233 e. The van der Waals surface area contributed by atoms with Crippen molar-refractivity contribution in [3.8, 4) is 6.07 Å². The molecule has 0 unspecified atom stereocenters. The molecule has 1 aliphatic rings. The number of likely N-dealkylation sites (N-methyl/N-ethyl adjacent to an activating group) is 1. The number of carbonyl (C=O) groups excluding carboxylic acids is 1. The molecule has 3 N–H and O–H groups in total. The van der Waals surface area contributed by atoms with Gasteiger partial charge in [0.1, 0.15) is 5.82 Å². The lowest BCUT2D eigenvalue weighted by Gasteiger charge is -2.32. The highest BCUT2D eigenvalue weighted by Crippen LogP contribution is 2.12. The van der Waals surface area contributed by atoms with Gasteiger partial charge in [0.25, 0.3) is 0 Å². The van der Waals surface area contributed by atoms with Crippen molar-refractivity contribution in [3.63, 3.8) is 0 Å². The van der Waals surface area contributed by atoms with Crippen molar-refractivity contribution in [2.24, 2.45) is 4.99 Å². The van der Waals surface area contributed by atoms with Gasteiger partial charge in [0.05, 0.1) is 24.7 Å². The van der Waals surface area contributed by atoms with Crippen LogP contribution in [0.1, 0.15) is 30.9 Å². The molecule has 28 heavy (non-hydrogen) atoms. The zero-order valence-electron chi connectivity index (χ0n) is 16.3. The number of piperidine rings is 1. The third-order valence-electron chi connectivity index (χ3n) is 4.50. The Bertz CT molecular complexity index is 713. The Hall–Kier alpha value is -1.93. The Kier molecular flexibility index (Phi) is 10.8. The Balaban J connectivity index is 0.00000392. The summed E-state index contributed by atoms with van der Waals surface area (Å²) in [5, 5.41) is 18.2. The largest absolute Gasteiger partial charge is 0.358 e. The van der Waals surface area contributed by atoms with Gasteiger partial charge in [-0.1, -0.05) is 0 Å². The lowest BCUT2D eigenvalue weighted by molar-refractivity contribution is -0.122. The zero-order chi connectivity index (χ0) is 19.6. The number of hydrogen-bond donors (Lipinski definition) is 3. The van der Waals surface area contributed by atoms with E-state index in [0.717, 1.165) is 25.9 Å². The van der Waals surface area contributed by atoms with E-state index in [1.165, 1.54) is 18.2 Å². The maximum atomic E-state index is 13.9. The first kappa shape index (κ1) is 24.1. The predicted molar refractivity (Wildman–Crippen MR) is 118 cm³/mol. The summed E-state index contributed by atoms with van der Waals surface area (Å²) in [6.07, 6.45) is 1.80. The summed E-state index contributed by atoms with van der Waals surface area (Å²) in [5.74, 6) is 0.290. The van der Waals surface area contributed by atoms with E-state index < -0.39 is 0 Å². The number of hydrogen-bond acceptors (Lipinski definition) is 4. The summed E-state index contributed by atoms with van der Waals surface area (Å²) in [6.45, 7) is 4.92. The van der Waals surface area contributed by atoms with E-state index in [-0.39, 0.29) is 48.3 Å². The van der Waals surface area contributed by atoms with Crippen molar-refractivity contribution in [2.45, 2.75) is 32.4 Å². The van der Waals surface area contributed by atoms with Crippen LogP contribution in [0.5, 0.6) is 0 Å². The molecule has 9 heteroatoms. The summed E-state index contributed by atoms with van der Waals surface area (Å²) < 4.78 is 13.9. The van der Waals surface area contributed by atoms with Crippen LogP contribution >= 0.6 is 24.0 Å². The second-order valence-corrected chi connectivity index (χ2v) is 6.48. The molecular formula is C19H28FIN6O. The molecule has 0 atom stereocenters. The Morgan fingerprint density at radius 1 is 1.39 bits per heavy atom. The summed E-state index contributed by atoms with van der Waals surface area (Å²) in [5.41, 5.74) is 0.815. The van der Waals surface area contributed by atoms with Crippen LogP contribution in [0.3, 0.4) is 0 Å². The molecule has 0 spiro atoms. The van der Waals surface area contributed by atoms with E-state index in [1.54, 1.807) is 7.05 Å². The lowest BCUT2D eigenvalue weighted by atomic mass is 10.1. The second-order valence-electron chi connectivity index (χ2n) is 6.48. The third-order valence-corrected chi connectivity index (χ3v) is 4.50. The molecular weight excluding hydrogens is 474 g/mol. The lowest BCUT2D eigenvalue weighted by Crippen LogP contribution is -2.50. The van der Waals surface area contributed by atoms with Gasteiger partial charge >= 0.3 is 0 Å². The molecule has 7 nitrogen and oxygen atoms in total. The standard InChI is InChI=1S/C19H27FN6O.HI/c1-3-23-19(24-12-15-10-14(11-21)4-5-17(15)20)25-16-6-8-26(9-7-16)13-18(27)22-2;/h4-5,10,16H,3,6-9,12-13H2,1-2H3,(H,22,27)(H2,23,24,25);1H. The van der Waals surface area contributed by atoms with Gasteiger partial charge in [-0.15, -0.1) is 24.0 Å². The normalized spacial score (nSPS) is 15.3. The fourth-order valence-corrected chi connectivity index (χ4v) is 2.96. The summed E-state index contributed by atoms with van der Waals surface area (Å²) in [6, 6.07) is 6.55. The molecule has 0 bridgehead atoms. The number of nitriles is 1. The molecule has 0 aliphatic carbocycles. The Labute approximate surface area is 182 Å². The van der Waals surface area contributed by atoms with E-state index in [4.69, 9.17) is 5.26 Å². The molecule has 1 aromatic rings. The number of halogens is 2. The average Bonchev–Trinajstić information content (AvgIpc) is 2.68. The van der Waals surface area contributed by atoms with Gasteiger partial charge in [0.15, 0.2) is 5.96 Å². The van der Waals surface area contributed by atoms with Gasteiger partial charge < -0.3 is 16.0 Å². The second kappa shape index (κ2) is 12.5. The number of nitrogens with zero attached hydrogens (tertiary/aromatic N) is 3. The van der Waals surface area contributed by atoms with Crippen molar-refractivity contribution in [1.29, 1.82) is 5.26 Å². The van der Waals surface area contributed by atoms with Gasteiger partial charge in [-0.2, -0.15) is 5.26 Å². The van der Waals surface area contributed by atoms with Gasteiger partial charge in [0, 0.05) is 38.3 Å². The van der Waals surface area contributed by atoms with Crippen LogP contribution in [0.2, 0.25) is 0 Å². The van der Waals surface area contributed by atoms with Crippen LogP contribution in [-0.4, -0.2) is 56.0 Å². The molecule has 1 aliphatic heterocycles. The van der Waals surface area contributed by atoms with Gasteiger partial charge in [-0.05, 0) is 38.0 Å². The van der Waals surface area contributed by atoms with E-state index >= 15 is 0 Å². The molecule has 1 aromatic carbocycles. The maximum absolute atomic E-state index is 13.9. The molecule has 0 radical (unpaired) electrons. The minimum absolute atomic E-state index is 0. The van der Waals surface area contributed by atoms with E-state index in [9.17, 15) is 9.18 Å². The highest BCUT2D eigenvalue weighted by molar-refractivity contribution is 14.0. The highest BCUT2D eigenvalue weighted by atomic mass is 127. The van der Waals surface area contributed by atoms with E-state index in [2.05, 4.69) is 25.8 Å². The number of likely N-dealkylation sites (tertiary alicyclic amines) is 1. The number of nitrogens with one attached hydrogen (secondary N) is 3. The summed E-state index contributed by atoms with van der Waals surface area (Å²) in [7, 11) is 1.64. The molecule has 1 fully saturated rings. The Morgan fingerprint density at radius 2 is 2.11 bits per heavy atom. The fourth-order valence-electron chi connectivity index (χ4n) is 2.96. The molecule has 0 saturated carbocycles. The van der Waals surface area contributed by atoms with Crippen LogP contribution in [0, 0.1) is 17.1 Å². The first-order valence-electron chi connectivity index (χ1n) is 9.22. The zero-order valence-corrected chi connectivity index (χ0v) is 18.6. The number of amides is 1. The van der Waals surface area contributed by atoms with Crippen LogP contribution in [0.15, 0.2) is 23.2 Å². The van der Waals surface area contributed by atoms with Crippen molar-refractivity contribution < 1.29 is 9.18 Å². The number of benzene rings is 1. The summed E-state index contributed by atoms with van der Waals surface area (Å²) >= 11 is 0. The maximum Gasteiger partial charge on any atom is 0.233 e. The van der Waals surface area contributed by atoms with Gasteiger partial charge in [-0.25, -0.2) is 9.38 Å². The Morgan fingerprint density at radius 3 is 2.71 bits per heavy atom. The van der Waals surface area contributed by atoms with Gasteiger partial charge in [0.2, 0.25) is 5.91 Å². The van der Waals surface area contributed by atoms with Crippen molar-refractivity contribution >= 4 is 35.8 Å². The number of carbonyl (C=O) groups is 1. The van der Waals surface area contributed by atoms with Crippen LogP contribution in [0.4, 0.5) is 4.39 Å². The van der Waals surface area contributed by atoms with E-state index in [0.29, 0.717) is 30.2 Å². The van der Waals surface area contributed by atoms with Crippen LogP contribution in [0.25, 0.3) is 0 Å². The number of aliphatic imine (C=N–C) groups is 1. The topological polar surface area (TPSA) is 92.6 Å². The minimum Gasteiger partial charge on any atom is -0.358 e. The van der Waals surface area contributed by atoms with Crippen molar-refractivity contribution in [2.75, 3.05) is 33.2 Å². The first-order valence-corrected chi connectivity index (χ1v) is 9.22. The molecule has 0 aromatic heterocycles. The SMILES string of the molecule is CCNC(=NCc1cc(C#N)ccc1F)NC1CCN(CC(=O)NC)CC1.I. The van der Waals surface area contributed by atoms with E-state index in [1.807, 2.05) is 13.0 Å². The highest BCUT2D eigenvalue weighted by Gasteiger charge is 2.21.